The zero-order valence-electron chi connectivity index (χ0n) is 13.9. The van der Waals surface area contributed by atoms with Crippen molar-refractivity contribution in [2.24, 2.45) is 0 Å². The Balaban J connectivity index is 0.000000249. The lowest BCUT2D eigenvalue weighted by atomic mass is 10.1. The van der Waals surface area contributed by atoms with Gasteiger partial charge >= 0.3 is 6.09 Å². The van der Waals surface area contributed by atoms with E-state index in [2.05, 4.69) is 19.1 Å². The van der Waals surface area contributed by atoms with Gasteiger partial charge in [-0.1, -0.05) is 54.1 Å². The minimum absolute atomic E-state index is 0.138. The molecule has 5 nitrogen and oxygen atoms in total. The predicted octanol–water partition coefficient (Wildman–Crippen LogP) is 3.21. The molecule has 1 aliphatic rings. The first kappa shape index (κ1) is 17.5. The van der Waals surface area contributed by atoms with Crippen molar-refractivity contribution in [3.8, 4) is 5.75 Å². The molecule has 0 atom stereocenters. The standard InChI is InChI=1S/C12H13NO4.C7H8/c1-16-10-5-3-2-4-9(10)8-11(14)13-6-7-17-12(13)15;1-7-5-3-2-4-6-7/h2-5H,6-8H2,1H3;2-6H,1H3. The minimum Gasteiger partial charge on any atom is -0.496 e. The average Bonchev–Trinajstić information content (AvgIpc) is 3.03. The number of rotatable bonds is 3. The predicted molar refractivity (Wildman–Crippen MR) is 90.9 cm³/mol. The van der Waals surface area contributed by atoms with Gasteiger partial charge in [-0.25, -0.2) is 9.69 Å². The van der Waals surface area contributed by atoms with Crippen LogP contribution in [0, 0.1) is 6.92 Å². The van der Waals surface area contributed by atoms with Crippen molar-refractivity contribution in [2.45, 2.75) is 13.3 Å². The normalized spacial score (nSPS) is 12.9. The Labute approximate surface area is 141 Å². The van der Waals surface area contributed by atoms with Gasteiger partial charge in [-0.05, 0) is 13.0 Å². The van der Waals surface area contributed by atoms with Gasteiger partial charge in [-0.2, -0.15) is 0 Å². The molecular formula is C19H21NO4. The number of hydrogen-bond acceptors (Lipinski definition) is 4. The topological polar surface area (TPSA) is 55.8 Å². The lowest BCUT2D eigenvalue weighted by Gasteiger charge is -2.12. The molecule has 126 valence electrons. The van der Waals surface area contributed by atoms with Gasteiger partial charge in [0.1, 0.15) is 12.4 Å². The van der Waals surface area contributed by atoms with Crippen LogP contribution in [0.5, 0.6) is 5.75 Å². The van der Waals surface area contributed by atoms with E-state index in [9.17, 15) is 9.59 Å². The Morgan fingerprint density at radius 2 is 1.79 bits per heavy atom. The second kappa shape index (κ2) is 8.72. The highest BCUT2D eigenvalue weighted by Gasteiger charge is 2.28. The van der Waals surface area contributed by atoms with Crippen molar-refractivity contribution in [3.63, 3.8) is 0 Å². The van der Waals surface area contributed by atoms with Crippen LogP contribution in [0.4, 0.5) is 4.79 Å². The monoisotopic (exact) mass is 327 g/mol. The van der Waals surface area contributed by atoms with Gasteiger partial charge in [0.15, 0.2) is 0 Å². The van der Waals surface area contributed by atoms with Gasteiger partial charge in [0.2, 0.25) is 5.91 Å². The molecule has 0 bridgehead atoms. The summed E-state index contributed by atoms with van der Waals surface area (Å²) >= 11 is 0. The fourth-order valence-electron chi connectivity index (χ4n) is 2.26. The molecule has 3 rings (SSSR count). The summed E-state index contributed by atoms with van der Waals surface area (Å²) in [5, 5.41) is 0. The first-order valence-corrected chi connectivity index (χ1v) is 7.72. The molecule has 5 heteroatoms. The van der Waals surface area contributed by atoms with Crippen LogP contribution >= 0.6 is 0 Å². The number of carbonyl (C=O) groups excluding carboxylic acids is 2. The van der Waals surface area contributed by atoms with Crippen LogP contribution < -0.4 is 4.74 Å². The molecule has 2 amide bonds. The van der Waals surface area contributed by atoms with Crippen LogP contribution in [0.3, 0.4) is 0 Å². The van der Waals surface area contributed by atoms with E-state index >= 15 is 0 Å². The second-order valence-electron chi connectivity index (χ2n) is 5.30. The SMILES string of the molecule is COc1ccccc1CC(=O)N1CCOC1=O.Cc1ccccc1. The number of hydrogen-bond donors (Lipinski definition) is 0. The van der Waals surface area contributed by atoms with Crippen molar-refractivity contribution in [3.05, 3.63) is 65.7 Å². The van der Waals surface area contributed by atoms with Crippen LogP contribution in [0.25, 0.3) is 0 Å². The summed E-state index contributed by atoms with van der Waals surface area (Å²) in [6.07, 6.45) is -0.427. The molecule has 0 unspecified atom stereocenters. The van der Waals surface area contributed by atoms with Gasteiger partial charge in [-0.15, -0.1) is 0 Å². The lowest BCUT2D eigenvalue weighted by Crippen LogP contribution is -2.32. The summed E-state index contributed by atoms with van der Waals surface area (Å²) in [7, 11) is 1.55. The summed E-state index contributed by atoms with van der Waals surface area (Å²) in [5.74, 6) is 0.380. The highest BCUT2D eigenvalue weighted by molar-refractivity contribution is 5.94. The molecule has 0 N–H and O–H groups in total. The second-order valence-corrected chi connectivity index (χ2v) is 5.30. The number of cyclic esters (lactones) is 1. The molecule has 24 heavy (non-hydrogen) atoms. The summed E-state index contributed by atoms with van der Waals surface area (Å²) in [6, 6.07) is 17.5. The maximum Gasteiger partial charge on any atom is 0.416 e. The van der Waals surface area contributed by atoms with E-state index < -0.39 is 6.09 Å². The average molecular weight is 327 g/mol. The van der Waals surface area contributed by atoms with E-state index in [4.69, 9.17) is 9.47 Å². The highest BCUT2D eigenvalue weighted by atomic mass is 16.6. The van der Waals surface area contributed by atoms with Crippen molar-refractivity contribution >= 4 is 12.0 Å². The van der Waals surface area contributed by atoms with E-state index in [0.717, 1.165) is 10.5 Å². The third-order valence-electron chi connectivity index (χ3n) is 3.54. The summed E-state index contributed by atoms with van der Waals surface area (Å²) < 4.78 is 9.86. The van der Waals surface area contributed by atoms with E-state index in [0.29, 0.717) is 12.3 Å². The van der Waals surface area contributed by atoms with E-state index in [1.54, 1.807) is 19.2 Å². The fourth-order valence-corrected chi connectivity index (χ4v) is 2.26. The number of benzene rings is 2. The Morgan fingerprint density at radius 1 is 1.12 bits per heavy atom. The fraction of sp³-hybridized carbons (Fsp3) is 0.263. The van der Waals surface area contributed by atoms with Gasteiger partial charge < -0.3 is 9.47 Å². The van der Waals surface area contributed by atoms with Crippen molar-refractivity contribution in [1.29, 1.82) is 0 Å². The molecule has 0 saturated carbocycles. The number of imide groups is 1. The van der Waals surface area contributed by atoms with Gasteiger partial charge in [-0.3, -0.25) is 4.79 Å². The highest BCUT2D eigenvalue weighted by Crippen LogP contribution is 2.19. The lowest BCUT2D eigenvalue weighted by molar-refractivity contribution is -0.127. The first-order valence-electron chi connectivity index (χ1n) is 7.72. The first-order chi connectivity index (χ1) is 11.6. The largest absolute Gasteiger partial charge is 0.496 e. The van der Waals surface area contributed by atoms with Crippen molar-refractivity contribution < 1.29 is 19.1 Å². The van der Waals surface area contributed by atoms with Crippen molar-refractivity contribution in [2.75, 3.05) is 20.3 Å². The van der Waals surface area contributed by atoms with Crippen LogP contribution in [0.2, 0.25) is 0 Å². The number of aryl methyl sites for hydroxylation is 1. The molecule has 1 fully saturated rings. The number of carbonyl (C=O) groups is 2. The molecule has 2 aromatic rings. The number of methoxy groups -OCH3 is 1. The molecular weight excluding hydrogens is 306 g/mol. The Bertz CT molecular complexity index is 685. The van der Waals surface area contributed by atoms with Crippen LogP contribution in [0.15, 0.2) is 54.6 Å². The molecule has 0 radical (unpaired) electrons. The Hall–Kier alpha value is -2.82. The number of amides is 2. The van der Waals surface area contributed by atoms with Gasteiger partial charge in [0.25, 0.3) is 0 Å². The molecule has 1 heterocycles. The minimum atomic E-state index is -0.565. The molecule has 0 aliphatic carbocycles. The summed E-state index contributed by atoms with van der Waals surface area (Å²) in [4.78, 5) is 24.2. The van der Waals surface area contributed by atoms with E-state index in [1.807, 2.05) is 30.3 Å². The molecule has 1 saturated heterocycles. The Kier molecular flexibility index (Phi) is 6.37. The summed E-state index contributed by atoms with van der Waals surface area (Å²) in [6.45, 7) is 2.68. The number of ether oxygens (including phenoxy) is 2. The molecule has 1 aliphatic heterocycles. The van der Waals surface area contributed by atoms with Gasteiger partial charge in [0.05, 0.1) is 20.1 Å². The summed E-state index contributed by atoms with van der Waals surface area (Å²) in [5.41, 5.74) is 2.09. The molecule has 0 spiro atoms. The zero-order valence-corrected chi connectivity index (χ0v) is 13.9. The van der Waals surface area contributed by atoms with Gasteiger partial charge in [0, 0.05) is 5.56 Å². The molecule has 0 aromatic heterocycles. The Morgan fingerprint density at radius 3 is 2.33 bits per heavy atom. The third-order valence-corrected chi connectivity index (χ3v) is 3.54. The smallest absolute Gasteiger partial charge is 0.416 e. The van der Waals surface area contributed by atoms with E-state index in [-0.39, 0.29) is 18.9 Å². The van der Waals surface area contributed by atoms with Crippen LogP contribution in [0.1, 0.15) is 11.1 Å². The maximum absolute atomic E-state index is 11.9. The third kappa shape index (κ3) is 4.84. The molecule has 2 aromatic carbocycles. The quantitative estimate of drug-likeness (QED) is 0.868. The zero-order chi connectivity index (χ0) is 17.4. The van der Waals surface area contributed by atoms with Crippen LogP contribution in [-0.4, -0.2) is 37.2 Å². The maximum atomic E-state index is 11.9. The van der Waals surface area contributed by atoms with E-state index in [1.165, 1.54) is 5.56 Å². The number of para-hydroxylation sites is 1. The van der Waals surface area contributed by atoms with Crippen LogP contribution in [-0.2, 0) is 16.0 Å². The van der Waals surface area contributed by atoms with Crippen molar-refractivity contribution in [1.82, 2.24) is 4.90 Å². The number of nitrogens with zero attached hydrogens (tertiary/aromatic N) is 1.